The minimum absolute atomic E-state index is 0.0429. The van der Waals surface area contributed by atoms with Gasteiger partial charge in [-0.2, -0.15) is 0 Å². The number of thiazole rings is 1. The summed E-state index contributed by atoms with van der Waals surface area (Å²) in [6, 6.07) is 4.42. The third-order valence-corrected chi connectivity index (χ3v) is 6.59. The predicted octanol–water partition coefficient (Wildman–Crippen LogP) is 2.87. The molecule has 23 heavy (non-hydrogen) atoms. The van der Waals surface area contributed by atoms with Gasteiger partial charge in [0, 0.05) is 35.3 Å². The molecule has 2 N–H and O–H groups in total. The number of anilines is 1. The van der Waals surface area contributed by atoms with E-state index in [1.807, 2.05) is 6.07 Å². The van der Waals surface area contributed by atoms with Crippen LogP contribution in [0.2, 0.25) is 0 Å². The Labute approximate surface area is 143 Å². The maximum Gasteiger partial charge on any atom is 0.267 e. The van der Waals surface area contributed by atoms with Crippen molar-refractivity contribution in [3.05, 3.63) is 32.5 Å². The van der Waals surface area contributed by atoms with E-state index in [2.05, 4.69) is 33.6 Å². The summed E-state index contributed by atoms with van der Waals surface area (Å²) in [4.78, 5) is 22.6. The van der Waals surface area contributed by atoms with Crippen molar-refractivity contribution in [2.24, 2.45) is 0 Å². The molecule has 2 aromatic rings. The van der Waals surface area contributed by atoms with E-state index in [0.29, 0.717) is 6.04 Å². The Morgan fingerprint density at radius 1 is 1.43 bits per heavy atom. The zero-order valence-electron chi connectivity index (χ0n) is 13.1. The van der Waals surface area contributed by atoms with Crippen LogP contribution < -0.4 is 10.6 Å². The number of hydrogen-bond acceptors (Lipinski definition) is 6. The van der Waals surface area contributed by atoms with Gasteiger partial charge in [0.05, 0.1) is 10.6 Å². The van der Waals surface area contributed by atoms with Crippen LogP contribution in [0.25, 0.3) is 0 Å². The molecule has 1 atom stereocenters. The number of nitrogens with zero attached hydrogens (tertiary/aromatic N) is 2. The fraction of sp³-hybridized carbons (Fsp3) is 0.500. The highest BCUT2D eigenvalue weighted by Gasteiger charge is 2.22. The van der Waals surface area contributed by atoms with Crippen molar-refractivity contribution in [2.45, 2.75) is 31.8 Å². The molecule has 1 saturated heterocycles. The first kappa shape index (κ1) is 15.3. The van der Waals surface area contributed by atoms with Gasteiger partial charge in [-0.25, -0.2) is 4.98 Å². The minimum atomic E-state index is -0.0429. The first-order valence-corrected chi connectivity index (χ1v) is 9.64. The number of carbonyl (C=O) groups excluding carboxylic acids is 1. The molecule has 2 aliphatic heterocycles. The molecule has 0 bridgehead atoms. The van der Waals surface area contributed by atoms with E-state index < -0.39 is 0 Å². The number of nitrogens with one attached hydrogen (secondary N) is 2. The number of hydrogen-bond donors (Lipinski definition) is 2. The summed E-state index contributed by atoms with van der Waals surface area (Å²) in [7, 11) is 2.12. The van der Waals surface area contributed by atoms with E-state index in [0.717, 1.165) is 48.2 Å². The summed E-state index contributed by atoms with van der Waals surface area (Å²) in [5.74, 6) is -0.0429. The van der Waals surface area contributed by atoms with E-state index in [9.17, 15) is 4.79 Å². The number of likely N-dealkylation sites (N-methyl/N-ethyl adjacent to an activating group) is 1. The van der Waals surface area contributed by atoms with Gasteiger partial charge in [-0.05, 0) is 38.6 Å². The van der Waals surface area contributed by atoms with Gasteiger partial charge in [0.25, 0.3) is 5.91 Å². The van der Waals surface area contributed by atoms with Crippen molar-refractivity contribution < 1.29 is 4.79 Å². The van der Waals surface area contributed by atoms with E-state index in [-0.39, 0.29) is 5.91 Å². The fourth-order valence-electron chi connectivity index (χ4n) is 3.12. The standard InChI is InChI=1S/C16H20N4OS2/c1-20-8-6-11-14(9-20)23-16(18-11)19-15(21)13-5-4-12(22-13)10-3-2-7-17-10/h4-5,10,17H,2-3,6-9H2,1H3,(H,18,19,21). The summed E-state index contributed by atoms with van der Waals surface area (Å²) in [5, 5.41) is 7.18. The maximum atomic E-state index is 12.5. The lowest BCUT2D eigenvalue weighted by molar-refractivity contribution is 0.103. The number of rotatable bonds is 3. The van der Waals surface area contributed by atoms with Crippen molar-refractivity contribution in [2.75, 3.05) is 25.5 Å². The second kappa shape index (κ2) is 6.32. The van der Waals surface area contributed by atoms with Gasteiger partial charge in [-0.1, -0.05) is 0 Å². The van der Waals surface area contributed by atoms with Crippen molar-refractivity contribution >= 4 is 33.7 Å². The number of carbonyl (C=O) groups is 1. The van der Waals surface area contributed by atoms with Crippen molar-refractivity contribution in [1.82, 2.24) is 15.2 Å². The van der Waals surface area contributed by atoms with E-state index in [1.165, 1.54) is 16.2 Å². The summed E-state index contributed by atoms with van der Waals surface area (Å²) in [5.41, 5.74) is 1.14. The molecule has 0 aromatic carbocycles. The molecule has 2 aromatic heterocycles. The Balaban J connectivity index is 1.45. The summed E-state index contributed by atoms with van der Waals surface area (Å²) in [6.45, 7) is 3.04. The summed E-state index contributed by atoms with van der Waals surface area (Å²) in [6.07, 6.45) is 3.34. The third kappa shape index (κ3) is 3.19. The van der Waals surface area contributed by atoms with Gasteiger partial charge < -0.3 is 10.2 Å². The van der Waals surface area contributed by atoms with Crippen LogP contribution >= 0.6 is 22.7 Å². The highest BCUT2D eigenvalue weighted by Crippen LogP contribution is 2.31. The molecule has 7 heteroatoms. The number of amides is 1. The van der Waals surface area contributed by atoms with Crippen LogP contribution in [0.4, 0.5) is 5.13 Å². The first-order chi connectivity index (χ1) is 11.2. The lowest BCUT2D eigenvalue weighted by Crippen LogP contribution is -2.25. The average Bonchev–Trinajstić information content (AvgIpc) is 3.26. The van der Waals surface area contributed by atoms with Crippen molar-refractivity contribution in [3.63, 3.8) is 0 Å². The van der Waals surface area contributed by atoms with Crippen LogP contribution in [0.1, 0.15) is 44.0 Å². The third-order valence-electron chi connectivity index (χ3n) is 4.40. The molecule has 0 spiro atoms. The molecular formula is C16H20N4OS2. The van der Waals surface area contributed by atoms with Gasteiger partial charge in [-0.15, -0.1) is 22.7 Å². The minimum Gasteiger partial charge on any atom is -0.309 e. The van der Waals surface area contributed by atoms with Crippen LogP contribution in [0.5, 0.6) is 0 Å². The second-order valence-corrected chi connectivity index (χ2v) is 8.38. The lowest BCUT2D eigenvalue weighted by Gasteiger charge is -2.20. The predicted molar refractivity (Wildman–Crippen MR) is 94.4 cm³/mol. The Morgan fingerprint density at radius 2 is 2.35 bits per heavy atom. The topological polar surface area (TPSA) is 57.3 Å². The van der Waals surface area contributed by atoms with Crippen LogP contribution in [0, 0.1) is 0 Å². The van der Waals surface area contributed by atoms with Gasteiger partial charge >= 0.3 is 0 Å². The van der Waals surface area contributed by atoms with Crippen LogP contribution in [-0.4, -0.2) is 35.9 Å². The molecule has 1 fully saturated rings. The molecule has 0 radical (unpaired) electrons. The number of thiophene rings is 1. The van der Waals surface area contributed by atoms with E-state index >= 15 is 0 Å². The molecule has 2 aliphatic rings. The smallest absolute Gasteiger partial charge is 0.267 e. The van der Waals surface area contributed by atoms with Crippen LogP contribution in [-0.2, 0) is 13.0 Å². The van der Waals surface area contributed by atoms with E-state index in [1.54, 1.807) is 22.7 Å². The molecule has 1 amide bonds. The largest absolute Gasteiger partial charge is 0.309 e. The SMILES string of the molecule is CN1CCc2nc(NC(=O)c3ccc(C4CCCN4)s3)sc2C1. The molecule has 5 nitrogen and oxygen atoms in total. The molecule has 122 valence electrons. The lowest BCUT2D eigenvalue weighted by atomic mass is 10.2. The van der Waals surface area contributed by atoms with Crippen molar-refractivity contribution in [1.29, 1.82) is 0 Å². The number of fused-ring (bicyclic) bond motifs is 1. The molecule has 4 rings (SSSR count). The van der Waals surface area contributed by atoms with Gasteiger partial charge in [-0.3, -0.25) is 10.1 Å². The highest BCUT2D eigenvalue weighted by molar-refractivity contribution is 7.16. The second-order valence-electron chi connectivity index (χ2n) is 6.18. The molecule has 0 aliphatic carbocycles. The monoisotopic (exact) mass is 348 g/mol. The van der Waals surface area contributed by atoms with Crippen LogP contribution in [0.15, 0.2) is 12.1 Å². The molecule has 4 heterocycles. The van der Waals surface area contributed by atoms with Crippen LogP contribution in [0.3, 0.4) is 0 Å². The average molecular weight is 348 g/mol. The molecule has 1 unspecified atom stereocenters. The zero-order valence-corrected chi connectivity index (χ0v) is 14.7. The normalized spacial score (nSPS) is 21.3. The molecule has 0 saturated carbocycles. The van der Waals surface area contributed by atoms with Crippen molar-refractivity contribution in [3.8, 4) is 0 Å². The quantitative estimate of drug-likeness (QED) is 0.895. The highest BCUT2D eigenvalue weighted by atomic mass is 32.1. The molecular weight excluding hydrogens is 328 g/mol. The zero-order chi connectivity index (χ0) is 15.8. The fourth-order valence-corrected chi connectivity index (χ4v) is 5.22. The van der Waals surface area contributed by atoms with Gasteiger partial charge in [0.2, 0.25) is 0 Å². The van der Waals surface area contributed by atoms with E-state index in [4.69, 9.17) is 0 Å². The first-order valence-electron chi connectivity index (χ1n) is 8.00. The number of aromatic nitrogens is 1. The van der Waals surface area contributed by atoms with Gasteiger partial charge in [0.15, 0.2) is 5.13 Å². The summed E-state index contributed by atoms with van der Waals surface area (Å²) >= 11 is 3.19. The maximum absolute atomic E-state index is 12.5. The Morgan fingerprint density at radius 3 is 3.17 bits per heavy atom. The Hall–Kier alpha value is -1.28. The summed E-state index contributed by atoms with van der Waals surface area (Å²) < 4.78 is 0. The Bertz CT molecular complexity index is 717. The Kier molecular flexibility index (Phi) is 4.19. The van der Waals surface area contributed by atoms with Gasteiger partial charge in [0.1, 0.15) is 0 Å².